The van der Waals surface area contributed by atoms with Gasteiger partial charge >= 0.3 is 0 Å². The fourth-order valence-electron chi connectivity index (χ4n) is 5.77. The summed E-state index contributed by atoms with van der Waals surface area (Å²) in [6, 6.07) is 19.2. The highest BCUT2D eigenvalue weighted by atomic mass is 16.7. The summed E-state index contributed by atoms with van der Waals surface area (Å²) < 4.78 is 42.0. The van der Waals surface area contributed by atoms with Crippen molar-refractivity contribution >= 4 is 5.69 Å². The quantitative estimate of drug-likeness (QED) is 0.172. The van der Waals surface area contributed by atoms with E-state index in [0.717, 1.165) is 16.8 Å². The lowest BCUT2D eigenvalue weighted by molar-refractivity contribution is -0.226. The second-order valence-electron chi connectivity index (χ2n) is 14.1. The van der Waals surface area contributed by atoms with E-state index in [2.05, 4.69) is 46.9 Å². The minimum Gasteiger partial charge on any atom is -0.496 e. The molecule has 5 rings (SSSR count). The molecule has 0 bridgehead atoms. The van der Waals surface area contributed by atoms with E-state index in [4.69, 9.17) is 33.2 Å². The molecule has 9 heteroatoms. The number of hydrogen-bond acceptors (Lipinski definition) is 9. The normalized spacial score (nSPS) is 19.9. The van der Waals surface area contributed by atoms with Gasteiger partial charge in [-0.25, -0.2) is 0 Å². The van der Waals surface area contributed by atoms with E-state index in [-0.39, 0.29) is 23.7 Å². The maximum absolute atomic E-state index is 13.4. The molecule has 250 valence electrons. The van der Waals surface area contributed by atoms with Gasteiger partial charge in [-0.3, -0.25) is 0 Å². The number of hydrogen-bond donors (Lipinski definition) is 2. The Hall–Kier alpha value is -3.18. The lowest BCUT2D eigenvalue weighted by Crippen LogP contribution is -2.35. The molecule has 0 aliphatic carbocycles. The molecule has 9 nitrogen and oxygen atoms in total. The molecule has 1 atom stereocenters. The highest BCUT2D eigenvalue weighted by Crippen LogP contribution is 2.48. The lowest BCUT2D eigenvalue weighted by atomic mass is 9.78. The number of rotatable bonds is 11. The average Bonchev–Trinajstić information content (AvgIpc) is 3.03. The molecule has 2 aliphatic heterocycles. The van der Waals surface area contributed by atoms with Crippen molar-refractivity contribution in [1.29, 1.82) is 0 Å². The molecule has 3 aromatic carbocycles. The molecule has 0 saturated carbocycles. The van der Waals surface area contributed by atoms with Crippen molar-refractivity contribution in [2.75, 3.05) is 52.8 Å². The van der Waals surface area contributed by atoms with Gasteiger partial charge in [0.1, 0.15) is 17.1 Å². The van der Waals surface area contributed by atoms with E-state index in [1.807, 2.05) is 60.7 Å². The van der Waals surface area contributed by atoms with Gasteiger partial charge in [0.2, 0.25) is 0 Å². The third kappa shape index (κ3) is 7.51. The largest absolute Gasteiger partial charge is 0.496 e. The molecular weight excluding hydrogens is 586 g/mol. The second kappa shape index (κ2) is 13.9. The van der Waals surface area contributed by atoms with Gasteiger partial charge in [-0.15, -0.1) is 0 Å². The van der Waals surface area contributed by atoms with Gasteiger partial charge in [0.05, 0.1) is 33.5 Å². The summed E-state index contributed by atoms with van der Waals surface area (Å²) in [5.74, 6) is 0.922. The summed E-state index contributed by atoms with van der Waals surface area (Å²) in [4.78, 5) is 0. The molecule has 2 N–H and O–H groups in total. The van der Waals surface area contributed by atoms with Crippen molar-refractivity contribution < 1.29 is 38.3 Å². The summed E-state index contributed by atoms with van der Waals surface area (Å²) in [5, 5.41) is 16.9. The third-order valence-corrected chi connectivity index (χ3v) is 8.12. The maximum atomic E-state index is 13.4. The highest BCUT2D eigenvalue weighted by molar-refractivity contribution is 5.60. The first-order valence-corrected chi connectivity index (χ1v) is 15.9. The van der Waals surface area contributed by atoms with Crippen LogP contribution in [0.4, 0.5) is 5.69 Å². The van der Waals surface area contributed by atoms with Crippen LogP contribution in [0.1, 0.15) is 81.9 Å². The summed E-state index contributed by atoms with van der Waals surface area (Å²) in [5.41, 5.74) is 1.97. The molecule has 2 fully saturated rings. The van der Waals surface area contributed by atoms with Gasteiger partial charge in [-0.05, 0) is 55.8 Å². The Morgan fingerprint density at radius 2 is 1.30 bits per heavy atom. The molecule has 0 aromatic heterocycles. The fraction of sp³-hybridized carbons (Fsp3) is 0.514. The highest BCUT2D eigenvalue weighted by Gasteiger charge is 2.42. The number of methoxy groups -OCH3 is 2. The zero-order valence-corrected chi connectivity index (χ0v) is 28.3. The van der Waals surface area contributed by atoms with E-state index < -0.39 is 18.2 Å². The summed E-state index contributed by atoms with van der Waals surface area (Å²) in [6.45, 7) is 14.7. The standard InChI is InChI=1S/C37H49NO8/c1-24(2)38-28-11-9-10-27(18-28)37(39,29-16-25(12-14-31(29)41-8)33-42-19-35(3,4)20-43-33)30-17-26(13-15-32(30)46-23-40-7)34-44-21-36(5,6)22-45-34/h9-18,24,33-34,38-39H,19-23H2,1-8H3. The second-order valence-corrected chi connectivity index (χ2v) is 14.1. The first-order chi connectivity index (χ1) is 21.8. The van der Waals surface area contributed by atoms with E-state index in [1.54, 1.807) is 14.2 Å². The summed E-state index contributed by atoms with van der Waals surface area (Å²) in [6.07, 6.45) is -1.21. The summed E-state index contributed by atoms with van der Waals surface area (Å²) in [7, 11) is 3.15. The zero-order valence-electron chi connectivity index (χ0n) is 28.3. The molecule has 2 heterocycles. The minimum absolute atomic E-state index is 0.0152. The van der Waals surface area contributed by atoms with Crippen LogP contribution in [0.25, 0.3) is 0 Å². The molecule has 46 heavy (non-hydrogen) atoms. The van der Waals surface area contributed by atoms with Gasteiger partial charge in [-0.2, -0.15) is 0 Å². The fourth-order valence-corrected chi connectivity index (χ4v) is 5.77. The predicted molar refractivity (Wildman–Crippen MR) is 176 cm³/mol. The van der Waals surface area contributed by atoms with Crippen molar-refractivity contribution in [1.82, 2.24) is 0 Å². The molecular formula is C37H49NO8. The van der Waals surface area contributed by atoms with Crippen molar-refractivity contribution in [2.24, 2.45) is 10.8 Å². The number of anilines is 1. The smallest absolute Gasteiger partial charge is 0.188 e. The maximum Gasteiger partial charge on any atom is 0.188 e. The van der Waals surface area contributed by atoms with Crippen LogP contribution in [0, 0.1) is 10.8 Å². The third-order valence-electron chi connectivity index (χ3n) is 8.12. The molecule has 3 aromatic rings. The minimum atomic E-state index is -1.78. The Morgan fingerprint density at radius 1 is 0.783 bits per heavy atom. The van der Waals surface area contributed by atoms with Gasteiger partial charge in [-0.1, -0.05) is 52.0 Å². The number of benzene rings is 3. The first kappa shape index (κ1) is 34.2. The van der Waals surface area contributed by atoms with Crippen molar-refractivity contribution in [3.8, 4) is 11.5 Å². The van der Waals surface area contributed by atoms with E-state index in [0.29, 0.717) is 54.6 Å². The SMILES string of the molecule is COCOc1ccc(C2OCC(C)(C)CO2)cc1C(O)(c1cccc(NC(C)C)c1)c1cc(C2OCC(C)(C)CO2)ccc1OC. The number of ether oxygens (including phenoxy) is 7. The van der Waals surface area contributed by atoms with E-state index in [1.165, 1.54) is 0 Å². The Balaban J connectivity index is 1.72. The van der Waals surface area contributed by atoms with E-state index >= 15 is 0 Å². The Bertz CT molecular complexity index is 1470. The molecule has 2 aliphatic rings. The van der Waals surface area contributed by atoms with Crippen molar-refractivity contribution in [3.63, 3.8) is 0 Å². The van der Waals surface area contributed by atoms with Gasteiger partial charge < -0.3 is 43.6 Å². The van der Waals surface area contributed by atoms with Gasteiger partial charge in [0, 0.05) is 51.9 Å². The monoisotopic (exact) mass is 635 g/mol. The first-order valence-electron chi connectivity index (χ1n) is 15.9. The van der Waals surface area contributed by atoms with Crippen LogP contribution in [0.5, 0.6) is 11.5 Å². The number of nitrogens with one attached hydrogen (secondary N) is 1. The average molecular weight is 636 g/mol. The van der Waals surface area contributed by atoms with Crippen molar-refractivity contribution in [3.05, 3.63) is 88.5 Å². The van der Waals surface area contributed by atoms with Crippen LogP contribution in [-0.4, -0.2) is 58.6 Å². The predicted octanol–water partition coefficient (Wildman–Crippen LogP) is 6.93. The van der Waals surface area contributed by atoms with Crippen LogP contribution in [-0.2, 0) is 29.3 Å². The lowest BCUT2D eigenvalue weighted by Gasteiger charge is -2.37. The van der Waals surface area contributed by atoms with Gasteiger partial charge in [0.25, 0.3) is 0 Å². The van der Waals surface area contributed by atoms with Crippen LogP contribution in [0.2, 0.25) is 0 Å². The molecule has 1 unspecified atom stereocenters. The molecule has 0 amide bonds. The summed E-state index contributed by atoms with van der Waals surface area (Å²) >= 11 is 0. The van der Waals surface area contributed by atoms with Crippen molar-refractivity contribution in [2.45, 2.75) is 65.8 Å². The Labute approximate surface area is 273 Å². The molecule has 2 saturated heterocycles. The molecule has 0 spiro atoms. The van der Waals surface area contributed by atoms with Crippen LogP contribution >= 0.6 is 0 Å². The zero-order chi connectivity index (χ0) is 33.1. The topological polar surface area (TPSA) is 96.9 Å². The van der Waals surface area contributed by atoms with Crippen LogP contribution in [0.3, 0.4) is 0 Å². The number of aliphatic hydroxyl groups is 1. The molecule has 0 radical (unpaired) electrons. The van der Waals surface area contributed by atoms with Gasteiger partial charge in [0.15, 0.2) is 19.4 Å². The Kier molecular flexibility index (Phi) is 10.3. The van der Waals surface area contributed by atoms with Crippen LogP contribution < -0.4 is 14.8 Å². The Morgan fingerprint density at radius 3 is 1.80 bits per heavy atom. The van der Waals surface area contributed by atoms with E-state index in [9.17, 15) is 5.11 Å². The van der Waals surface area contributed by atoms with Crippen LogP contribution in [0.15, 0.2) is 60.7 Å².